The lowest BCUT2D eigenvalue weighted by molar-refractivity contribution is 0.0746. The van der Waals surface area contributed by atoms with Gasteiger partial charge in [-0.1, -0.05) is 30.7 Å². The van der Waals surface area contributed by atoms with Crippen molar-refractivity contribution in [3.8, 4) is 5.75 Å². The van der Waals surface area contributed by atoms with Crippen molar-refractivity contribution >= 4 is 34.8 Å². The third-order valence-electron chi connectivity index (χ3n) is 6.07. The Balaban J connectivity index is 1.34. The molecule has 1 fully saturated rings. The van der Waals surface area contributed by atoms with Crippen LogP contribution < -0.4 is 15.0 Å². The van der Waals surface area contributed by atoms with Crippen LogP contribution in [0.2, 0.25) is 5.02 Å². The normalized spacial score (nSPS) is 13.5. The molecule has 0 radical (unpaired) electrons. The van der Waals surface area contributed by atoms with Gasteiger partial charge in [-0.25, -0.2) is 0 Å². The van der Waals surface area contributed by atoms with Gasteiger partial charge in [-0.2, -0.15) is 0 Å². The van der Waals surface area contributed by atoms with Gasteiger partial charge < -0.3 is 19.9 Å². The van der Waals surface area contributed by atoms with Gasteiger partial charge in [0, 0.05) is 48.1 Å². The minimum Gasteiger partial charge on any atom is -0.496 e. The molecule has 3 aromatic rings. The second kappa shape index (κ2) is 10.6. The van der Waals surface area contributed by atoms with E-state index in [-0.39, 0.29) is 11.8 Å². The molecular weight excluding hydrogens is 450 g/mol. The first-order valence-electron chi connectivity index (χ1n) is 11.4. The quantitative estimate of drug-likeness (QED) is 0.535. The summed E-state index contributed by atoms with van der Waals surface area (Å²) < 4.78 is 5.27. The zero-order valence-electron chi connectivity index (χ0n) is 19.4. The fourth-order valence-electron chi connectivity index (χ4n) is 4.04. The Morgan fingerprint density at radius 3 is 2.24 bits per heavy atom. The standard InChI is InChI=1S/C27H28ClN3O3/c1-3-19-4-6-20(7-5-19)27(33)31-16-14-30(15-17-31)23-11-9-22(10-12-23)29-26(32)24-18-21(28)8-13-25(24)34-2/h4-13,18H,3,14-17H2,1-2H3,(H,29,32). The van der Waals surface area contributed by atoms with Gasteiger partial charge in [-0.15, -0.1) is 0 Å². The molecule has 0 aliphatic carbocycles. The van der Waals surface area contributed by atoms with Crippen LogP contribution in [0.3, 0.4) is 0 Å². The Kier molecular flexibility index (Phi) is 7.38. The molecule has 34 heavy (non-hydrogen) atoms. The van der Waals surface area contributed by atoms with Crippen molar-refractivity contribution in [2.45, 2.75) is 13.3 Å². The van der Waals surface area contributed by atoms with E-state index in [1.807, 2.05) is 53.4 Å². The molecule has 0 bridgehead atoms. The molecule has 4 rings (SSSR count). The molecule has 0 spiro atoms. The fourth-order valence-corrected chi connectivity index (χ4v) is 4.22. The summed E-state index contributed by atoms with van der Waals surface area (Å²) in [5, 5.41) is 3.36. The van der Waals surface area contributed by atoms with Crippen molar-refractivity contribution < 1.29 is 14.3 Å². The lowest BCUT2D eigenvalue weighted by atomic mass is 10.1. The third-order valence-corrected chi connectivity index (χ3v) is 6.31. The first-order valence-corrected chi connectivity index (χ1v) is 11.7. The second-order valence-electron chi connectivity index (χ2n) is 8.18. The highest BCUT2D eigenvalue weighted by Crippen LogP contribution is 2.25. The highest BCUT2D eigenvalue weighted by molar-refractivity contribution is 6.31. The Labute approximate surface area is 205 Å². The molecule has 0 saturated carbocycles. The maximum atomic E-state index is 12.8. The number of hydrogen-bond donors (Lipinski definition) is 1. The maximum Gasteiger partial charge on any atom is 0.259 e. The number of anilines is 2. The number of rotatable bonds is 6. The summed E-state index contributed by atoms with van der Waals surface area (Å²) in [5.41, 5.74) is 4.08. The molecule has 3 aromatic carbocycles. The Morgan fingerprint density at radius 2 is 1.62 bits per heavy atom. The Morgan fingerprint density at radius 1 is 0.941 bits per heavy atom. The van der Waals surface area contributed by atoms with Gasteiger partial charge in [0.2, 0.25) is 0 Å². The van der Waals surface area contributed by atoms with Crippen LogP contribution >= 0.6 is 11.6 Å². The van der Waals surface area contributed by atoms with Gasteiger partial charge in [0.1, 0.15) is 5.75 Å². The summed E-state index contributed by atoms with van der Waals surface area (Å²) in [6.45, 7) is 4.95. The molecule has 0 aromatic heterocycles. The SMILES string of the molecule is CCc1ccc(C(=O)N2CCN(c3ccc(NC(=O)c4cc(Cl)ccc4OC)cc3)CC2)cc1. The summed E-state index contributed by atoms with van der Waals surface area (Å²) in [6.07, 6.45) is 0.963. The number of carbonyl (C=O) groups is 2. The van der Waals surface area contributed by atoms with Crippen molar-refractivity contribution in [2.75, 3.05) is 43.5 Å². The van der Waals surface area contributed by atoms with E-state index in [2.05, 4.69) is 17.1 Å². The monoisotopic (exact) mass is 477 g/mol. The predicted molar refractivity (Wildman–Crippen MR) is 136 cm³/mol. The van der Waals surface area contributed by atoms with E-state index < -0.39 is 0 Å². The molecule has 0 atom stereocenters. The number of benzene rings is 3. The molecular formula is C27H28ClN3O3. The first-order chi connectivity index (χ1) is 16.5. The number of piperazine rings is 1. The highest BCUT2D eigenvalue weighted by atomic mass is 35.5. The lowest BCUT2D eigenvalue weighted by Gasteiger charge is -2.36. The van der Waals surface area contributed by atoms with Crippen LogP contribution in [0.25, 0.3) is 0 Å². The van der Waals surface area contributed by atoms with Crippen LogP contribution in [-0.4, -0.2) is 50.0 Å². The number of hydrogen-bond acceptors (Lipinski definition) is 4. The first kappa shape index (κ1) is 23.6. The second-order valence-corrected chi connectivity index (χ2v) is 8.61. The van der Waals surface area contributed by atoms with Crippen LogP contribution in [0.5, 0.6) is 5.75 Å². The van der Waals surface area contributed by atoms with E-state index >= 15 is 0 Å². The number of nitrogens with zero attached hydrogens (tertiary/aromatic N) is 2. The van der Waals surface area contributed by atoms with E-state index in [0.29, 0.717) is 35.1 Å². The summed E-state index contributed by atoms with van der Waals surface area (Å²) in [4.78, 5) is 29.7. The van der Waals surface area contributed by atoms with Crippen LogP contribution in [0.4, 0.5) is 11.4 Å². The molecule has 0 unspecified atom stereocenters. The van der Waals surface area contributed by atoms with Crippen LogP contribution in [-0.2, 0) is 6.42 Å². The van der Waals surface area contributed by atoms with Crippen LogP contribution in [0, 0.1) is 0 Å². The average molecular weight is 478 g/mol. The van der Waals surface area contributed by atoms with E-state index in [0.717, 1.165) is 30.8 Å². The van der Waals surface area contributed by atoms with Gasteiger partial charge in [-0.05, 0) is 66.6 Å². The highest BCUT2D eigenvalue weighted by Gasteiger charge is 2.22. The number of amides is 2. The van der Waals surface area contributed by atoms with E-state index in [9.17, 15) is 9.59 Å². The fraction of sp³-hybridized carbons (Fsp3) is 0.259. The molecule has 1 aliphatic rings. The van der Waals surface area contributed by atoms with Crippen molar-refractivity contribution in [2.24, 2.45) is 0 Å². The smallest absolute Gasteiger partial charge is 0.259 e. The van der Waals surface area contributed by atoms with Gasteiger partial charge >= 0.3 is 0 Å². The number of nitrogens with one attached hydrogen (secondary N) is 1. The average Bonchev–Trinajstić information content (AvgIpc) is 2.89. The largest absolute Gasteiger partial charge is 0.496 e. The Hall–Kier alpha value is -3.51. The van der Waals surface area contributed by atoms with Crippen LogP contribution in [0.1, 0.15) is 33.2 Å². The molecule has 176 valence electrons. The third kappa shape index (κ3) is 5.34. The van der Waals surface area contributed by atoms with Crippen molar-refractivity contribution in [3.63, 3.8) is 0 Å². The zero-order valence-corrected chi connectivity index (χ0v) is 20.1. The van der Waals surface area contributed by atoms with Crippen molar-refractivity contribution in [1.82, 2.24) is 4.90 Å². The van der Waals surface area contributed by atoms with Crippen LogP contribution in [0.15, 0.2) is 66.7 Å². The summed E-state index contributed by atoms with van der Waals surface area (Å²) >= 11 is 6.04. The molecule has 1 N–H and O–H groups in total. The van der Waals surface area contributed by atoms with Gasteiger partial charge in [-0.3, -0.25) is 9.59 Å². The van der Waals surface area contributed by atoms with Crippen molar-refractivity contribution in [1.29, 1.82) is 0 Å². The molecule has 7 heteroatoms. The van der Waals surface area contributed by atoms with Crippen molar-refractivity contribution in [3.05, 3.63) is 88.4 Å². The van der Waals surface area contributed by atoms with Gasteiger partial charge in [0.15, 0.2) is 0 Å². The summed E-state index contributed by atoms with van der Waals surface area (Å²) in [5.74, 6) is 0.259. The number of ether oxygens (including phenoxy) is 1. The minimum atomic E-state index is -0.286. The topological polar surface area (TPSA) is 61.9 Å². The summed E-state index contributed by atoms with van der Waals surface area (Å²) in [6, 6.07) is 20.5. The molecule has 6 nitrogen and oxygen atoms in total. The number of aryl methyl sites for hydroxylation is 1. The van der Waals surface area contributed by atoms with E-state index in [1.165, 1.54) is 12.7 Å². The van der Waals surface area contributed by atoms with E-state index in [1.54, 1.807) is 18.2 Å². The minimum absolute atomic E-state index is 0.0804. The number of carbonyl (C=O) groups excluding carboxylic acids is 2. The van der Waals surface area contributed by atoms with Gasteiger partial charge in [0.25, 0.3) is 11.8 Å². The molecule has 2 amide bonds. The van der Waals surface area contributed by atoms with Gasteiger partial charge in [0.05, 0.1) is 12.7 Å². The molecule has 1 aliphatic heterocycles. The number of halogens is 1. The number of methoxy groups -OCH3 is 1. The Bertz CT molecular complexity index is 1150. The molecule has 1 heterocycles. The molecule has 1 saturated heterocycles. The lowest BCUT2D eigenvalue weighted by Crippen LogP contribution is -2.48. The zero-order chi connectivity index (χ0) is 24.1. The predicted octanol–water partition coefficient (Wildman–Crippen LogP) is 5.13. The van der Waals surface area contributed by atoms with E-state index in [4.69, 9.17) is 16.3 Å². The maximum absolute atomic E-state index is 12.8. The summed E-state index contributed by atoms with van der Waals surface area (Å²) in [7, 11) is 1.52.